The fourth-order valence-corrected chi connectivity index (χ4v) is 1.34. The third kappa shape index (κ3) is 2.63. The summed E-state index contributed by atoms with van der Waals surface area (Å²) in [7, 11) is 1.54. The zero-order valence-electron chi connectivity index (χ0n) is 9.25. The van der Waals surface area contributed by atoms with Gasteiger partial charge in [-0.05, 0) is 18.2 Å². The van der Waals surface area contributed by atoms with Crippen molar-refractivity contribution < 1.29 is 18.8 Å². The van der Waals surface area contributed by atoms with Crippen molar-refractivity contribution in [1.82, 2.24) is 5.16 Å². The SMILES string of the molecule is COc1ccc(OCc2cnoc2)c(C=O)c1. The summed E-state index contributed by atoms with van der Waals surface area (Å²) in [6.07, 6.45) is 3.78. The summed E-state index contributed by atoms with van der Waals surface area (Å²) in [4.78, 5) is 10.9. The van der Waals surface area contributed by atoms with Gasteiger partial charge in [0.15, 0.2) is 6.29 Å². The minimum absolute atomic E-state index is 0.302. The van der Waals surface area contributed by atoms with Crippen molar-refractivity contribution in [2.24, 2.45) is 0 Å². The van der Waals surface area contributed by atoms with Crippen LogP contribution >= 0.6 is 0 Å². The van der Waals surface area contributed by atoms with E-state index >= 15 is 0 Å². The molecule has 0 aliphatic heterocycles. The molecule has 1 aromatic heterocycles. The van der Waals surface area contributed by atoms with Crippen molar-refractivity contribution >= 4 is 6.29 Å². The van der Waals surface area contributed by atoms with Gasteiger partial charge in [0, 0.05) is 5.56 Å². The van der Waals surface area contributed by atoms with Crippen molar-refractivity contribution in [3.05, 3.63) is 41.8 Å². The number of benzene rings is 1. The van der Waals surface area contributed by atoms with Gasteiger partial charge in [-0.3, -0.25) is 4.79 Å². The predicted molar refractivity (Wildman–Crippen MR) is 59.2 cm³/mol. The average Bonchev–Trinajstić information content (AvgIpc) is 2.89. The molecule has 1 heterocycles. The van der Waals surface area contributed by atoms with Crippen LogP contribution in [0.2, 0.25) is 0 Å². The normalized spacial score (nSPS) is 9.94. The van der Waals surface area contributed by atoms with Gasteiger partial charge >= 0.3 is 0 Å². The molecular formula is C12H11NO4. The van der Waals surface area contributed by atoms with E-state index in [0.29, 0.717) is 23.7 Å². The second-order valence-electron chi connectivity index (χ2n) is 3.34. The number of rotatable bonds is 5. The van der Waals surface area contributed by atoms with Gasteiger partial charge in [-0.1, -0.05) is 5.16 Å². The lowest BCUT2D eigenvalue weighted by molar-refractivity contribution is 0.111. The lowest BCUT2D eigenvalue weighted by Crippen LogP contribution is -1.97. The molecule has 0 bridgehead atoms. The molecule has 17 heavy (non-hydrogen) atoms. The van der Waals surface area contributed by atoms with Crippen LogP contribution in [0.4, 0.5) is 0 Å². The van der Waals surface area contributed by atoms with Crippen molar-refractivity contribution in [2.45, 2.75) is 6.61 Å². The maximum absolute atomic E-state index is 10.9. The summed E-state index contributed by atoms with van der Waals surface area (Å²) in [6.45, 7) is 0.302. The van der Waals surface area contributed by atoms with Crippen LogP contribution in [0.3, 0.4) is 0 Å². The van der Waals surface area contributed by atoms with Crippen LogP contribution in [0.15, 0.2) is 35.2 Å². The molecule has 5 heteroatoms. The molecule has 0 aliphatic rings. The minimum Gasteiger partial charge on any atom is -0.497 e. The lowest BCUT2D eigenvalue weighted by Gasteiger charge is -2.08. The molecule has 2 aromatic rings. The van der Waals surface area contributed by atoms with E-state index in [0.717, 1.165) is 11.8 Å². The van der Waals surface area contributed by atoms with Crippen molar-refractivity contribution in [2.75, 3.05) is 7.11 Å². The zero-order chi connectivity index (χ0) is 12.1. The summed E-state index contributed by atoms with van der Waals surface area (Å²) in [5, 5.41) is 3.56. The van der Waals surface area contributed by atoms with Crippen molar-refractivity contribution in [1.29, 1.82) is 0 Å². The number of hydrogen-bond acceptors (Lipinski definition) is 5. The van der Waals surface area contributed by atoms with E-state index < -0.39 is 0 Å². The Balaban J connectivity index is 2.12. The smallest absolute Gasteiger partial charge is 0.153 e. The Labute approximate surface area is 97.9 Å². The van der Waals surface area contributed by atoms with Crippen LogP contribution in [-0.4, -0.2) is 18.6 Å². The lowest BCUT2D eigenvalue weighted by atomic mass is 10.2. The van der Waals surface area contributed by atoms with E-state index in [4.69, 9.17) is 9.47 Å². The molecule has 0 amide bonds. The first-order chi connectivity index (χ1) is 8.33. The Hall–Kier alpha value is -2.30. The number of nitrogens with zero attached hydrogens (tertiary/aromatic N) is 1. The summed E-state index contributed by atoms with van der Waals surface area (Å²) in [5.74, 6) is 1.12. The van der Waals surface area contributed by atoms with Gasteiger partial charge in [0.05, 0.1) is 18.9 Å². The summed E-state index contributed by atoms with van der Waals surface area (Å²) in [5.41, 5.74) is 1.25. The van der Waals surface area contributed by atoms with Crippen LogP contribution < -0.4 is 9.47 Å². The van der Waals surface area contributed by atoms with E-state index in [1.54, 1.807) is 31.5 Å². The van der Waals surface area contributed by atoms with Crippen LogP contribution in [-0.2, 0) is 6.61 Å². The zero-order valence-corrected chi connectivity index (χ0v) is 9.25. The second kappa shape index (κ2) is 5.16. The number of carbonyl (C=O) groups is 1. The third-order valence-corrected chi connectivity index (χ3v) is 2.22. The maximum atomic E-state index is 10.9. The molecule has 88 valence electrons. The fourth-order valence-electron chi connectivity index (χ4n) is 1.34. The van der Waals surface area contributed by atoms with Gasteiger partial charge in [0.1, 0.15) is 24.4 Å². The van der Waals surface area contributed by atoms with Gasteiger partial charge in [-0.25, -0.2) is 0 Å². The first-order valence-electron chi connectivity index (χ1n) is 4.97. The highest BCUT2D eigenvalue weighted by atomic mass is 16.5. The van der Waals surface area contributed by atoms with Crippen LogP contribution in [0, 0.1) is 0 Å². The summed E-state index contributed by atoms with van der Waals surface area (Å²) in [6, 6.07) is 5.04. The van der Waals surface area contributed by atoms with Gasteiger partial charge in [0.2, 0.25) is 0 Å². The molecular weight excluding hydrogens is 222 g/mol. The molecule has 0 saturated heterocycles. The molecule has 0 aliphatic carbocycles. The van der Waals surface area contributed by atoms with E-state index in [9.17, 15) is 4.79 Å². The molecule has 5 nitrogen and oxygen atoms in total. The molecule has 0 unspecified atom stereocenters. The Kier molecular flexibility index (Phi) is 3.40. The number of hydrogen-bond donors (Lipinski definition) is 0. The third-order valence-electron chi connectivity index (χ3n) is 2.22. The van der Waals surface area contributed by atoms with Gasteiger partial charge in [-0.15, -0.1) is 0 Å². The summed E-state index contributed by atoms with van der Waals surface area (Å²) >= 11 is 0. The number of aldehydes is 1. The maximum Gasteiger partial charge on any atom is 0.153 e. The quantitative estimate of drug-likeness (QED) is 0.740. The highest BCUT2D eigenvalue weighted by Crippen LogP contribution is 2.23. The first kappa shape index (κ1) is 11.2. The molecule has 0 atom stereocenters. The first-order valence-corrected chi connectivity index (χ1v) is 4.97. The van der Waals surface area contributed by atoms with E-state index in [1.165, 1.54) is 6.26 Å². The summed E-state index contributed by atoms with van der Waals surface area (Å²) < 4.78 is 15.2. The molecule has 1 aromatic carbocycles. The average molecular weight is 233 g/mol. The minimum atomic E-state index is 0.302. The topological polar surface area (TPSA) is 61.6 Å². The van der Waals surface area contributed by atoms with E-state index in [2.05, 4.69) is 9.68 Å². The Bertz CT molecular complexity index is 493. The largest absolute Gasteiger partial charge is 0.497 e. The molecule has 0 spiro atoms. The highest BCUT2D eigenvalue weighted by Gasteiger charge is 2.06. The highest BCUT2D eigenvalue weighted by molar-refractivity contribution is 5.80. The van der Waals surface area contributed by atoms with Crippen LogP contribution in [0.1, 0.15) is 15.9 Å². The van der Waals surface area contributed by atoms with Gasteiger partial charge < -0.3 is 14.0 Å². The predicted octanol–water partition coefficient (Wildman–Crippen LogP) is 2.07. The standard InChI is InChI=1S/C12H11NO4/c1-15-11-2-3-12(10(4-11)6-14)16-7-9-5-13-17-8-9/h2-6,8H,7H2,1H3. The molecule has 0 N–H and O–H groups in total. The Morgan fingerprint density at radius 2 is 2.35 bits per heavy atom. The van der Waals surface area contributed by atoms with E-state index in [1.807, 2.05) is 0 Å². The number of carbonyl (C=O) groups excluding carboxylic acids is 1. The van der Waals surface area contributed by atoms with Gasteiger partial charge in [0.25, 0.3) is 0 Å². The monoisotopic (exact) mass is 233 g/mol. The van der Waals surface area contributed by atoms with Gasteiger partial charge in [-0.2, -0.15) is 0 Å². The number of ether oxygens (including phenoxy) is 2. The Morgan fingerprint density at radius 1 is 1.47 bits per heavy atom. The molecule has 2 rings (SSSR count). The molecule has 0 fully saturated rings. The van der Waals surface area contributed by atoms with Crippen LogP contribution in [0.5, 0.6) is 11.5 Å². The van der Waals surface area contributed by atoms with E-state index in [-0.39, 0.29) is 0 Å². The van der Waals surface area contributed by atoms with Crippen molar-refractivity contribution in [3.8, 4) is 11.5 Å². The van der Waals surface area contributed by atoms with Crippen LogP contribution in [0.25, 0.3) is 0 Å². The molecule has 0 radical (unpaired) electrons. The van der Waals surface area contributed by atoms with Crippen molar-refractivity contribution in [3.63, 3.8) is 0 Å². The Morgan fingerprint density at radius 3 is 3.00 bits per heavy atom. The number of aromatic nitrogens is 1. The second-order valence-corrected chi connectivity index (χ2v) is 3.34. The fraction of sp³-hybridized carbons (Fsp3) is 0.167. The number of methoxy groups -OCH3 is 1. The molecule has 0 saturated carbocycles.